The number of nitrogens with one attached hydrogen (secondary N) is 1. The maximum atomic E-state index is 14.2. The largest absolute Gasteiger partial charge is 0.467 e. The molecule has 1 aromatic carbocycles. The molecule has 0 fully saturated rings. The van der Waals surface area contributed by atoms with Crippen LogP contribution in [0.3, 0.4) is 0 Å². The van der Waals surface area contributed by atoms with Gasteiger partial charge in [0.15, 0.2) is 0 Å². The summed E-state index contributed by atoms with van der Waals surface area (Å²) in [5, 5.41) is 3.28. The molecule has 0 aliphatic carbocycles. The van der Waals surface area contributed by atoms with Crippen LogP contribution in [0.15, 0.2) is 41.0 Å². The first-order chi connectivity index (χ1) is 9.56. The molecule has 0 unspecified atom stereocenters. The second-order valence-electron chi connectivity index (χ2n) is 5.26. The minimum Gasteiger partial charge on any atom is -0.467 e. The topological polar surface area (TPSA) is 28.4 Å². The maximum Gasteiger partial charge on any atom is 0.146 e. The number of hydrogen-bond acceptors (Lipinski definition) is 3. The van der Waals surface area contributed by atoms with Crippen LogP contribution < -0.4 is 10.2 Å². The summed E-state index contributed by atoms with van der Waals surface area (Å²) >= 11 is 0. The molecule has 0 saturated heterocycles. The SMILES string of the molecule is CC(C)NCc1ccc(N(C)Cc2ccco2)c(F)c1. The van der Waals surface area contributed by atoms with Gasteiger partial charge in [-0.3, -0.25) is 0 Å². The van der Waals surface area contributed by atoms with Gasteiger partial charge in [-0.15, -0.1) is 0 Å². The van der Waals surface area contributed by atoms with Gasteiger partial charge in [-0.25, -0.2) is 4.39 Å². The minimum absolute atomic E-state index is 0.206. The highest BCUT2D eigenvalue weighted by molar-refractivity contribution is 5.48. The van der Waals surface area contributed by atoms with E-state index in [1.54, 1.807) is 12.3 Å². The Kier molecular flexibility index (Phi) is 4.79. The third-order valence-electron chi connectivity index (χ3n) is 3.11. The van der Waals surface area contributed by atoms with Crippen molar-refractivity contribution in [2.45, 2.75) is 33.0 Å². The van der Waals surface area contributed by atoms with Gasteiger partial charge in [-0.1, -0.05) is 19.9 Å². The van der Waals surface area contributed by atoms with Crippen molar-refractivity contribution in [3.05, 3.63) is 53.7 Å². The monoisotopic (exact) mass is 276 g/mol. The van der Waals surface area contributed by atoms with E-state index in [-0.39, 0.29) is 5.82 Å². The molecule has 4 heteroatoms. The second kappa shape index (κ2) is 6.57. The van der Waals surface area contributed by atoms with Gasteiger partial charge in [-0.2, -0.15) is 0 Å². The molecule has 2 aromatic rings. The first-order valence-electron chi connectivity index (χ1n) is 6.81. The predicted molar refractivity (Wildman–Crippen MR) is 79.2 cm³/mol. The molecule has 0 bridgehead atoms. The minimum atomic E-state index is -0.206. The molecule has 0 amide bonds. The number of nitrogens with zero attached hydrogens (tertiary/aromatic N) is 1. The molecule has 2 rings (SSSR count). The van der Waals surface area contributed by atoms with E-state index in [4.69, 9.17) is 4.42 Å². The van der Waals surface area contributed by atoms with Crippen molar-refractivity contribution in [3.8, 4) is 0 Å². The smallest absolute Gasteiger partial charge is 0.146 e. The zero-order chi connectivity index (χ0) is 14.5. The van der Waals surface area contributed by atoms with Crippen LogP contribution in [0.2, 0.25) is 0 Å². The summed E-state index contributed by atoms with van der Waals surface area (Å²) in [4.78, 5) is 1.84. The summed E-state index contributed by atoms with van der Waals surface area (Å²) in [5.41, 5.74) is 1.53. The fourth-order valence-electron chi connectivity index (χ4n) is 2.01. The molecule has 20 heavy (non-hydrogen) atoms. The van der Waals surface area contributed by atoms with E-state index >= 15 is 0 Å². The normalized spacial score (nSPS) is 11.1. The molecule has 0 aliphatic heterocycles. The Labute approximate surface area is 119 Å². The van der Waals surface area contributed by atoms with E-state index < -0.39 is 0 Å². The summed E-state index contributed by atoms with van der Waals surface area (Å²) in [6, 6.07) is 9.46. The highest BCUT2D eigenvalue weighted by atomic mass is 19.1. The number of anilines is 1. The first-order valence-corrected chi connectivity index (χ1v) is 6.81. The van der Waals surface area contributed by atoms with Gasteiger partial charge in [0.05, 0.1) is 18.5 Å². The number of halogens is 1. The summed E-state index contributed by atoms with van der Waals surface area (Å²) < 4.78 is 19.4. The fraction of sp³-hybridized carbons (Fsp3) is 0.375. The Morgan fingerprint density at radius 2 is 2.10 bits per heavy atom. The Bertz CT molecular complexity index is 537. The Morgan fingerprint density at radius 3 is 2.70 bits per heavy atom. The van der Waals surface area contributed by atoms with Crippen LogP contribution in [-0.4, -0.2) is 13.1 Å². The first kappa shape index (κ1) is 14.6. The van der Waals surface area contributed by atoms with Crippen molar-refractivity contribution in [1.82, 2.24) is 5.32 Å². The fourth-order valence-corrected chi connectivity index (χ4v) is 2.01. The van der Waals surface area contributed by atoms with E-state index in [0.29, 0.717) is 24.8 Å². The van der Waals surface area contributed by atoms with Crippen LogP contribution in [0.5, 0.6) is 0 Å². The summed E-state index contributed by atoms with van der Waals surface area (Å²) in [7, 11) is 1.85. The van der Waals surface area contributed by atoms with Crippen LogP contribution >= 0.6 is 0 Å². The number of furan rings is 1. The zero-order valence-corrected chi connectivity index (χ0v) is 12.2. The van der Waals surface area contributed by atoms with Crippen molar-refractivity contribution >= 4 is 5.69 Å². The summed E-state index contributed by atoms with van der Waals surface area (Å²) in [6.07, 6.45) is 1.63. The van der Waals surface area contributed by atoms with Crippen molar-refractivity contribution in [2.24, 2.45) is 0 Å². The van der Waals surface area contributed by atoms with Crippen molar-refractivity contribution < 1.29 is 8.81 Å². The quantitative estimate of drug-likeness (QED) is 0.874. The molecule has 0 radical (unpaired) electrons. The maximum absolute atomic E-state index is 14.2. The third kappa shape index (κ3) is 3.84. The molecule has 108 valence electrons. The zero-order valence-electron chi connectivity index (χ0n) is 12.2. The van der Waals surface area contributed by atoms with Gasteiger partial charge in [0.2, 0.25) is 0 Å². The van der Waals surface area contributed by atoms with Crippen LogP contribution in [0.1, 0.15) is 25.2 Å². The Morgan fingerprint density at radius 1 is 1.30 bits per heavy atom. The van der Waals surface area contributed by atoms with E-state index in [9.17, 15) is 4.39 Å². The molecule has 1 N–H and O–H groups in total. The predicted octanol–water partition coefficient (Wildman–Crippen LogP) is 3.55. The second-order valence-corrected chi connectivity index (χ2v) is 5.26. The Hall–Kier alpha value is -1.81. The van der Waals surface area contributed by atoms with Gasteiger partial charge >= 0.3 is 0 Å². The standard InChI is InChI=1S/C16H21FN2O/c1-12(2)18-10-13-6-7-16(15(17)9-13)19(3)11-14-5-4-8-20-14/h4-9,12,18H,10-11H2,1-3H3. The van der Waals surface area contributed by atoms with Gasteiger partial charge in [0, 0.05) is 19.6 Å². The average molecular weight is 276 g/mol. The lowest BCUT2D eigenvalue weighted by atomic mass is 10.1. The summed E-state index contributed by atoms with van der Waals surface area (Å²) in [5.74, 6) is 0.611. The molecule has 3 nitrogen and oxygen atoms in total. The Balaban J connectivity index is 2.05. The summed E-state index contributed by atoms with van der Waals surface area (Å²) in [6.45, 7) is 5.37. The molecule has 0 spiro atoms. The molecule has 0 atom stereocenters. The molecule has 1 aromatic heterocycles. The molecule has 1 heterocycles. The molecule has 0 aliphatic rings. The number of benzene rings is 1. The van der Waals surface area contributed by atoms with Gasteiger partial charge in [0.25, 0.3) is 0 Å². The van der Waals surface area contributed by atoms with E-state index in [0.717, 1.165) is 11.3 Å². The van der Waals surface area contributed by atoms with Crippen LogP contribution in [-0.2, 0) is 13.1 Å². The van der Waals surface area contributed by atoms with Crippen LogP contribution in [0, 0.1) is 5.82 Å². The highest BCUT2D eigenvalue weighted by Crippen LogP contribution is 2.21. The van der Waals surface area contributed by atoms with Crippen LogP contribution in [0.4, 0.5) is 10.1 Å². The lowest BCUT2D eigenvalue weighted by Gasteiger charge is -2.19. The average Bonchev–Trinajstić information content (AvgIpc) is 2.89. The highest BCUT2D eigenvalue weighted by Gasteiger charge is 2.10. The molecular formula is C16H21FN2O. The number of hydrogen-bond donors (Lipinski definition) is 1. The molecule has 0 saturated carbocycles. The van der Waals surface area contributed by atoms with Gasteiger partial charge in [-0.05, 0) is 29.8 Å². The van der Waals surface area contributed by atoms with Gasteiger partial charge < -0.3 is 14.6 Å². The van der Waals surface area contributed by atoms with Crippen LogP contribution in [0.25, 0.3) is 0 Å². The third-order valence-corrected chi connectivity index (χ3v) is 3.11. The lowest BCUT2D eigenvalue weighted by molar-refractivity contribution is 0.505. The van der Waals surface area contributed by atoms with Crippen molar-refractivity contribution in [3.63, 3.8) is 0 Å². The van der Waals surface area contributed by atoms with Gasteiger partial charge in [0.1, 0.15) is 11.6 Å². The van der Waals surface area contributed by atoms with E-state index in [1.807, 2.05) is 36.2 Å². The van der Waals surface area contributed by atoms with E-state index in [1.165, 1.54) is 0 Å². The van der Waals surface area contributed by atoms with E-state index in [2.05, 4.69) is 19.2 Å². The molecular weight excluding hydrogens is 255 g/mol. The van der Waals surface area contributed by atoms with Crippen molar-refractivity contribution in [1.29, 1.82) is 0 Å². The van der Waals surface area contributed by atoms with Crippen molar-refractivity contribution in [2.75, 3.05) is 11.9 Å². The number of rotatable bonds is 6. The lowest BCUT2D eigenvalue weighted by Crippen LogP contribution is -2.22.